The number of nitrogens with one attached hydrogen (secondary N) is 2. The van der Waals surface area contributed by atoms with E-state index >= 15 is 0 Å². The lowest BCUT2D eigenvalue weighted by Crippen LogP contribution is -2.20. The topological polar surface area (TPSA) is 98.3 Å². The van der Waals surface area contributed by atoms with Crippen LogP contribution in [0.1, 0.15) is 15.9 Å². The van der Waals surface area contributed by atoms with Crippen molar-refractivity contribution < 1.29 is 23.8 Å². The Hall–Kier alpha value is -4.01. The molecule has 3 aromatic rings. The minimum Gasteiger partial charge on any atom is -0.493 e. The first-order valence-electron chi connectivity index (χ1n) is 10.6. The summed E-state index contributed by atoms with van der Waals surface area (Å²) in [4.78, 5) is 24.8. The van der Waals surface area contributed by atoms with Gasteiger partial charge in [-0.25, -0.2) is 5.43 Å². The Morgan fingerprint density at radius 1 is 0.944 bits per heavy atom. The van der Waals surface area contributed by atoms with Crippen molar-refractivity contribution in [1.29, 1.82) is 0 Å². The third kappa shape index (κ3) is 7.76. The smallest absolute Gasteiger partial charge is 0.271 e. The summed E-state index contributed by atoms with van der Waals surface area (Å²) in [5.74, 6) is 0.410. The van der Waals surface area contributed by atoms with Gasteiger partial charge in [-0.15, -0.1) is 0 Å². The molecule has 0 aliphatic heterocycles. The highest BCUT2D eigenvalue weighted by Gasteiger charge is 2.11. The Morgan fingerprint density at radius 3 is 2.39 bits per heavy atom. The third-order valence-corrected chi connectivity index (χ3v) is 5.10. The van der Waals surface area contributed by atoms with E-state index in [0.29, 0.717) is 50.7 Å². The molecule has 36 heavy (non-hydrogen) atoms. The normalized spacial score (nSPS) is 10.5. The average molecular weight is 528 g/mol. The van der Waals surface area contributed by atoms with Gasteiger partial charge in [0.15, 0.2) is 18.1 Å². The van der Waals surface area contributed by atoms with Crippen molar-refractivity contribution in [3.05, 3.63) is 94.5 Å². The van der Waals surface area contributed by atoms with Crippen molar-refractivity contribution in [2.24, 2.45) is 5.10 Å². The Bertz CT molecular complexity index is 1260. The lowest BCUT2D eigenvalue weighted by molar-refractivity contribution is -0.118. The second kappa shape index (κ2) is 13.2. The van der Waals surface area contributed by atoms with Gasteiger partial charge in [0.25, 0.3) is 11.8 Å². The molecule has 3 rings (SSSR count). The number of methoxy groups -OCH3 is 1. The quantitative estimate of drug-likeness (QED) is 0.199. The number of carbonyl (C=O) groups excluding carboxylic acids is 2. The summed E-state index contributed by atoms with van der Waals surface area (Å²) in [6, 6.07) is 16.3. The second-order valence-corrected chi connectivity index (χ2v) is 8.06. The first kappa shape index (κ1) is 26.6. The number of amides is 2. The highest BCUT2D eigenvalue weighted by Crippen LogP contribution is 2.28. The molecule has 0 atom stereocenters. The first-order valence-corrected chi connectivity index (χ1v) is 11.4. The van der Waals surface area contributed by atoms with Gasteiger partial charge in [-0.3, -0.25) is 9.59 Å². The van der Waals surface area contributed by atoms with E-state index in [1.165, 1.54) is 19.4 Å². The zero-order chi connectivity index (χ0) is 25.9. The summed E-state index contributed by atoms with van der Waals surface area (Å²) in [7, 11) is 1.48. The summed E-state index contributed by atoms with van der Waals surface area (Å²) in [5, 5.41) is 7.69. The van der Waals surface area contributed by atoms with E-state index in [0.717, 1.165) is 0 Å². The number of hydrogen-bond donors (Lipinski definition) is 2. The average Bonchev–Trinajstić information content (AvgIpc) is 2.88. The number of hydrazone groups is 1. The molecule has 0 saturated heterocycles. The van der Waals surface area contributed by atoms with Gasteiger partial charge in [0.1, 0.15) is 12.4 Å². The van der Waals surface area contributed by atoms with Gasteiger partial charge in [0.2, 0.25) is 0 Å². The Balaban J connectivity index is 1.62. The number of benzene rings is 3. The van der Waals surface area contributed by atoms with Gasteiger partial charge in [-0.2, -0.15) is 5.10 Å². The van der Waals surface area contributed by atoms with Gasteiger partial charge >= 0.3 is 0 Å². The molecule has 0 unspecified atom stereocenters. The largest absolute Gasteiger partial charge is 0.493 e. The molecule has 0 radical (unpaired) electrons. The molecule has 0 heterocycles. The first-order chi connectivity index (χ1) is 17.4. The fourth-order valence-electron chi connectivity index (χ4n) is 2.93. The van der Waals surface area contributed by atoms with Crippen LogP contribution >= 0.6 is 23.2 Å². The monoisotopic (exact) mass is 527 g/mol. The summed E-state index contributed by atoms with van der Waals surface area (Å²) in [6.07, 6.45) is 2.98. The Morgan fingerprint density at radius 2 is 1.67 bits per heavy atom. The van der Waals surface area contributed by atoms with Gasteiger partial charge in [0, 0.05) is 26.9 Å². The van der Waals surface area contributed by atoms with Gasteiger partial charge in [-0.05, 0) is 60.7 Å². The van der Waals surface area contributed by atoms with Crippen LogP contribution in [0.3, 0.4) is 0 Å². The number of halogens is 2. The summed E-state index contributed by atoms with van der Waals surface area (Å²) < 4.78 is 16.4. The lowest BCUT2D eigenvalue weighted by Gasteiger charge is -2.11. The van der Waals surface area contributed by atoms with Crippen LogP contribution < -0.4 is 25.0 Å². The van der Waals surface area contributed by atoms with Gasteiger partial charge in [-0.1, -0.05) is 35.9 Å². The van der Waals surface area contributed by atoms with Crippen LogP contribution in [0, 0.1) is 0 Å². The summed E-state index contributed by atoms with van der Waals surface area (Å²) >= 11 is 11.9. The predicted molar refractivity (Wildman–Crippen MR) is 141 cm³/mol. The molecule has 3 aromatic carbocycles. The maximum atomic E-state index is 12.5. The second-order valence-electron chi connectivity index (χ2n) is 7.19. The summed E-state index contributed by atoms with van der Waals surface area (Å²) in [6.45, 7) is 3.65. The van der Waals surface area contributed by atoms with E-state index in [9.17, 15) is 9.59 Å². The Labute approximate surface area is 218 Å². The number of nitrogens with zero attached hydrogens (tertiary/aromatic N) is 1. The molecule has 2 N–H and O–H groups in total. The molecular formula is C26H23Cl2N3O5. The van der Waals surface area contributed by atoms with Gasteiger partial charge in [0.05, 0.1) is 13.3 Å². The predicted octanol–water partition coefficient (Wildman–Crippen LogP) is 5.35. The standard InChI is InChI=1S/C26H23Cl2N3O5/c1-3-12-35-23-10-4-17(14-24(23)34-2)26(33)31-29-15-18-13-20(28)7-11-22(18)36-16-25(32)30-21-8-5-19(27)6-9-21/h3-11,13-15H,1,12,16H2,2H3,(H,30,32)(H,31,33)/b29-15+. The molecule has 0 spiro atoms. The van der Waals surface area contributed by atoms with Gasteiger partial charge < -0.3 is 19.5 Å². The molecule has 186 valence electrons. The van der Waals surface area contributed by atoms with Crippen molar-refractivity contribution in [2.45, 2.75) is 0 Å². The molecule has 0 aliphatic rings. The van der Waals surface area contributed by atoms with Crippen LogP contribution in [0.15, 0.2) is 78.4 Å². The van der Waals surface area contributed by atoms with Crippen molar-refractivity contribution in [2.75, 3.05) is 25.6 Å². The van der Waals surface area contributed by atoms with E-state index < -0.39 is 5.91 Å². The molecule has 8 nitrogen and oxygen atoms in total. The lowest BCUT2D eigenvalue weighted by atomic mass is 10.2. The number of hydrogen-bond acceptors (Lipinski definition) is 6. The van der Waals surface area contributed by atoms with E-state index in [4.69, 9.17) is 37.4 Å². The SMILES string of the molecule is C=CCOc1ccc(C(=O)N/N=C/c2cc(Cl)ccc2OCC(=O)Nc2ccc(Cl)cc2)cc1OC. The molecule has 0 fully saturated rings. The van der Waals surface area contributed by atoms with Crippen molar-refractivity contribution in [3.8, 4) is 17.2 Å². The minimum absolute atomic E-state index is 0.252. The molecule has 0 aromatic heterocycles. The number of carbonyl (C=O) groups is 2. The van der Waals surface area contributed by atoms with E-state index in [2.05, 4.69) is 22.4 Å². The van der Waals surface area contributed by atoms with E-state index in [1.807, 2.05) is 0 Å². The van der Waals surface area contributed by atoms with Crippen molar-refractivity contribution >= 4 is 46.9 Å². The number of ether oxygens (including phenoxy) is 3. The minimum atomic E-state index is -0.466. The van der Waals surface area contributed by atoms with Crippen LogP contribution in [0.2, 0.25) is 10.0 Å². The Kier molecular flexibility index (Phi) is 9.73. The van der Waals surface area contributed by atoms with Crippen molar-refractivity contribution in [1.82, 2.24) is 5.43 Å². The number of anilines is 1. The highest BCUT2D eigenvalue weighted by molar-refractivity contribution is 6.31. The van der Waals surface area contributed by atoms with Crippen LogP contribution in [-0.4, -0.2) is 38.4 Å². The molecule has 0 bridgehead atoms. The molecular weight excluding hydrogens is 505 g/mol. The van der Waals surface area contributed by atoms with Crippen LogP contribution in [0.5, 0.6) is 17.2 Å². The van der Waals surface area contributed by atoms with E-state index in [1.54, 1.807) is 60.7 Å². The molecule has 0 saturated carbocycles. The molecule has 0 aliphatic carbocycles. The van der Waals surface area contributed by atoms with Crippen LogP contribution in [-0.2, 0) is 4.79 Å². The van der Waals surface area contributed by atoms with E-state index in [-0.39, 0.29) is 12.5 Å². The van der Waals surface area contributed by atoms with Crippen LogP contribution in [0.25, 0.3) is 0 Å². The fraction of sp³-hybridized carbons (Fsp3) is 0.115. The molecule has 2 amide bonds. The van der Waals surface area contributed by atoms with Crippen LogP contribution in [0.4, 0.5) is 5.69 Å². The fourth-order valence-corrected chi connectivity index (χ4v) is 3.23. The summed E-state index contributed by atoms with van der Waals surface area (Å²) in [5.41, 5.74) is 3.81. The maximum Gasteiger partial charge on any atom is 0.271 e. The maximum absolute atomic E-state index is 12.5. The number of rotatable bonds is 11. The zero-order valence-electron chi connectivity index (χ0n) is 19.3. The zero-order valence-corrected chi connectivity index (χ0v) is 20.8. The van der Waals surface area contributed by atoms with Crippen molar-refractivity contribution in [3.63, 3.8) is 0 Å². The molecule has 10 heteroatoms. The third-order valence-electron chi connectivity index (χ3n) is 4.61. The highest BCUT2D eigenvalue weighted by atomic mass is 35.5.